The van der Waals surface area contributed by atoms with E-state index in [4.69, 9.17) is 0 Å². The van der Waals surface area contributed by atoms with Gasteiger partial charge in [-0.05, 0) is 60.4 Å². The molecule has 5 rings (SSSR count). The van der Waals surface area contributed by atoms with Crippen molar-refractivity contribution in [3.8, 4) is 5.00 Å². The van der Waals surface area contributed by atoms with Gasteiger partial charge in [-0.1, -0.05) is 12.1 Å². The molecule has 2 aliphatic rings. The lowest BCUT2D eigenvalue weighted by Crippen LogP contribution is -2.28. The van der Waals surface area contributed by atoms with Gasteiger partial charge in [-0.2, -0.15) is 11.8 Å². The van der Waals surface area contributed by atoms with Crippen molar-refractivity contribution in [2.24, 2.45) is 0 Å². The van der Waals surface area contributed by atoms with Crippen LogP contribution in [0.1, 0.15) is 49.6 Å². The molecular formula is C24H25N3O2S2. The van der Waals surface area contributed by atoms with Crippen molar-refractivity contribution in [1.82, 2.24) is 14.8 Å². The summed E-state index contributed by atoms with van der Waals surface area (Å²) in [5.74, 6) is 2.08. The molecule has 1 N–H and O–H groups in total. The lowest BCUT2D eigenvalue weighted by atomic mass is 10.1. The largest absolute Gasteiger partial charge is 0.348 e. The van der Waals surface area contributed by atoms with Crippen LogP contribution in [0.2, 0.25) is 0 Å². The van der Waals surface area contributed by atoms with Crippen molar-refractivity contribution in [3.05, 3.63) is 75.9 Å². The van der Waals surface area contributed by atoms with Crippen LogP contribution in [0, 0.1) is 0 Å². The second kappa shape index (κ2) is 8.93. The maximum absolute atomic E-state index is 13.3. The maximum Gasteiger partial charge on any atom is 0.254 e. The number of thiophene rings is 1. The van der Waals surface area contributed by atoms with Crippen molar-refractivity contribution in [2.45, 2.75) is 31.6 Å². The molecule has 0 saturated carbocycles. The van der Waals surface area contributed by atoms with Gasteiger partial charge in [-0.15, -0.1) is 11.3 Å². The fourth-order valence-corrected chi connectivity index (χ4v) is 6.74. The molecule has 31 heavy (non-hydrogen) atoms. The summed E-state index contributed by atoms with van der Waals surface area (Å²) < 4.78 is 2.04. The number of hydrogen-bond acceptors (Lipinski definition) is 4. The molecule has 2 aliphatic heterocycles. The highest BCUT2D eigenvalue weighted by molar-refractivity contribution is 7.98. The van der Waals surface area contributed by atoms with Crippen LogP contribution in [0.5, 0.6) is 0 Å². The van der Waals surface area contributed by atoms with Crippen LogP contribution in [0.3, 0.4) is 0 Å². The molecule has 0 radical (unpaired) electrons. The zero-order valence-electron chi connectivity index (χ0n) is 17.3. The van der Waals surface area contributed by atoms with Gasteiger partial charge in [-0.25, -0.2) is 0 Å². The van der Waals surface area contributed by atoms with E-state index in [0.717, 1.165) is 60.0 Å². The Morgan fingerprint density at radius 3 is 2.68 bits per heavy atom. The van der Waals surface area contributed by atoms with E-state index in [2.05, 4.69) is 5.32 Å². The molecule has 2 amide bonds. The van der Waals surface area contributed by atoms with Crippen LogP contribution in [0.4, 0.5) is 0 Å². The summed E-state index contributed by atoms with van der Waals surface area (Å²) >= 11 is 3.65. The molecule has 4 heterocycles. The van der Waals surface area contributed by atoms with Crippen molar-refractivity contribution in [2.75, 3.05) is 18.8 Å². The number of likely N-dealkylation sites (tertiary alicyclic amines) is 1. The first-order chi connectivity index (χ1) is 15.2. The van der Waals surface area contributed by atoms with Crippen LogP contribution >= 0.6 is 23.1 Å². The van der Waals surface area contributed by atoms with E-state index in [1.807, 2.05) is 70.0 Å². The number of thioether (sulfide) groups is 1. The Kier molecular flexibility index (Phi) is 5.87. The molecule has 0 atom stereocenters. The van der Waals surface area contributed by atoms with Gasteiger partial charge in [0, 0.05) is 48.2 Å². The number of nitrogens with one attached hydrogen (secondary N) is 1. The average molecular weight is 452 g/mol. The van der Waals surface area contributed by atoms with Gasteiger partial charge in [0.05, 0.1) is 5.56 Å². The van der Waals surface area contributed by atoms with Crippen LogP contribution in [0.25, 0.3) is 5.00 Å². The Morgan fingerprint density at radius 2 is 1.87 bits per heavy atom. The number of carbonyl (C=O) groups is 2. The summed E-state index contributed by atoms with van der Waals surface area (Å²) in [6, 6.07) is 11.6. The lowest BCUT2D eigenvalue weighted by Gasteiger charge is -2.16. The van der Waals surface area contributed by atoms with Crippen LogP contribution in [-0.4, -0.2) is 40.1 Å². The minimum atomic E-state index is -0.0376. The van der Waals surface area contributed by atoms with Gasteiger partial charge < -0.3 is 14.8 Å². The number of hydrogen-bond donors (Lipinski definition) is 1. The summed E-state index contributed by atoms with van der Waals surface area (Å²) in [5.41, 5.74) is 3.65. The average Bonchev–Trinajstić information content (AvgIpc) is 3.57. The van der Waals surface area contributed by atoms with Gasteiger partial charge in [0.2, 0.25) is 0 Å². The van der Waals surface area contributed by atoms with Crippen molar-refractivity contribution < 1.29 is 9.59 Å². The monoisotopic (exact) mass is 451 g/mol. The molecular weight excluding hydrogens is 426 g/mol. The van der Waals surface area contributed by atoms with E-state index in [0.29, 0.717) is 12.1 Å². The molecule has 2 aromatic heterocycles. The van der Waals surface area contributed by atoms with Crippen LogP contribution in [0.15, 0.2) is 48.8 Å². The summed E-state index contributed by atoms with van der Waals surface area (Å²) in [6.07, 6.45) is 7.08. The second-order valence-electron chi connectivity index (χ2n) is 7.96. The van der Waals surface area contributed by atoms with Gasteiger partial charge in [0.1, 0.15) is 5.00 Å². The molecule has 3 aromatic rings. The second-order valence-corrected chi connectivity index (χ2v) is 10.1. The highest BCUT2D eigenvalue weighted by Crippen LogP contribution is 2.38. The van der Waals surface area contributed by atoms with Gasteiger partial charge in [0.15, 0.2) is 0 Å². The quantitative estimate of drug-likeness (QED) is 0.622. The summed E-state index contributed by atoms with van der Waals surface area (Å²) in [6.45, 7) is 2.08. The molecule has 0 spiro atoms. The molecule has 1 fully saturated rings. The third-order valence-corrected chi connectivity index (χ3v) is 8.30. The number of nitrogens with zero attached hydrogens (tertiary/aromatic N) is 2. The molecule has 0 unspecified atom stereocenters. The van der Waals surface area contributed by atoms with Crippen LogP contribution in [-0.2, 0) is 18.7 Å². The number of carbonyl (C=O) groups excluding carboxylic acids is 2. The maximum atomic E-state index is 13.3. The van der Waals surface area contributed by atoms with Crippen molar-refractivity contribution >= 4 is 34.9 Å². The van der Waals surface area contributed by atoms with E-state index < -0.39 is 0 Å². The van der Waals surface area contributed by atoms with E-state index >= 15 is 0 Å². The minimum absolute atomic E-state index is 0.0376. The SMILES string of the molecule is O=C(NCc1cccc(C(=O)N2CCCC2)c1)c1c(-n2cccc2)sc2c1CCSC2. The summed E-state index contributed by atoms with van der Waals surface area (Å²) in [5, 5.41) is 4.11. The molecule has 5 nitrogen and oxygen atoms in total. The Labute approximate surface area is 190 Å². The first kappa shape index (κ1) is 20.4. The Morgan fingerprint density at radius 1 is 1.06 bits per heavy atom. The highest BCUT2D eigenvalue weighted by Gasteiger charge is 2.26. The number of rotatable bonds is 5. The third kappa shape index (κ3) is 4.16. The molecule has 1 saturated heterocycles. The number of amides is 2. The fraction of sp³-hybridized carbons (Fsp3) is 0.333. The zero-order chi connectivity index (χ0) is 21.2. The predicted molar refractivity (Wildman–Crippen MR) is 126 cm³/mol. The normalized spacial score (nSPS) is 15.7. The molecule has 7 heteroatoms. The van der Waals surface area contributed by atoms with Gasteiger partial charge in [0.25, 0.3) is 11.8 Å². The first-order valence-electron chi connectivity index (χ1n) is 10.7. The van der Waals surface area contributed by atoms with Gasteiger partial charge >= 0.3 is 0 Å². The summed E-state index contributed by atoms with van der Waals surface area (Å²) in [7, 11) is 0. The fourth-order valence-electron chi connectivity index (χ4n) is 4.29. The smallest absolute Gasteiger partial charge is 0.254 e. The topological polar surface area (TPSA) is 54.3 Å². The Bertz CT molecular complexity index is 1100. The standard InChI is InChI=1S/C24H25N3O2S2/c28-22(21-19-8-13-30-16-20(19)31-24(21)27-11-3-4-12-27)25-15-17-6-5-7-18(14-17)23(29)26-9-1-2-10-26/h3-7,11-12,14H,1-2,8-10,13,15-16H2,(H,25,28). The lowest BCUT2D eigenvalue weighted by molar-refractivity contribution is 0.0792. The van der Waals surface area contributed by atoms with Crippen molar-refractivity contribution in [1.29, 1.82) is 0 Å². The summed E-state index contributed by atoms with van der Waals surface area (Å²) in [4.78, 5) is 29.2. The third-order valence-electron chi connectivity index (χ3n) is 5.89. The number of benzene rings is 1. The first-order valence-corrected chi connectivity index (χ1v) is 12.7. The van der Waals surface area contributed by atoms with E-state index in [9.17, 15) is 9.59 Å². The predicted octanol–water partition coefficient (Wildman–Crippen LogP) is 4.49. The Hall–Kier alpha value is -2.51. The number of fused-ring (bicyclic) bond motifs is 1. The number of aromatic nitrogens is 1. The molecule has 1 aromatic carbocycles. The molecule has 0 aliphatic carbocycles. The minimum Gasteiger partial charge on any atom is -0.348 e. The molecule has 0 bridgehead atoms. The van der Waals surface area contributed by atoms with E-state index in [1.165, 1.54) is 10.4 Å². The van der Waals surface area contributed by atoms with E-state index in [-0.39, 0.29) is 11.8 Å². The van der Waals surface area contributed by atoms with Crippen LogP contribution < -0.4 is 5.32 Å². The van der Waals surface area contributed by atoms with E-state index in [1.54, 1.807) is 11.3 Å². The van der Waals surface area contributed by atoms with Crippen molar-refractivity contribution in [3.63, 3.8) is 0 Å². The highest BCUT2D eigenvalue weighted by atomic mass is 32.2. The zero-order valence-corrected chi connectivity index (χ0v) is 18.9. The Balaban J connectivity index is 1.35. The molecule has 160 valence electrons. The van der Waals surface area contributed by atoms with Gasteiger partial charge in [-0.3, -0.25) is 9.59 Å².